The lowest BCUT2D eigenvalue weighted by molar-refractivity contribution is -0.138. The van der Waals surface area contributed by atoms with E-state index in [4.69, 9.17) is 0 Å². The normalized spacial score (nSPS) is 39.8. The minimum atomic E-state index is 0.363. The molecular formula is C17H29NO. The highest BCUT2D eigenvalue weighted by molar-refractivity contribution is 5.79. The second kappa shape index (κ2) is 5.46. The summed E-state index contributed by atoms with van der Waals surface area (Å²) in [5.74, 6) is 4.79. The number of nitrogens with one attached hydrogen (secondary N) is 1. The lowest BCUT2D eigenvalue weighted by Crippen LogP contribution is -2.51. The monoisotopic (exact) mass is 263 g/mol. The Morgan fingerprint density at radius 2 is 1.53 bits per heavy atom. The average Bonchev–Trinajstić information content (AvgIpc) is 2.38. The van der Waals surface area contributed by atoms with Gasteiger partial charge in [0.2, 0.25) is 5.91 Å². The number of carbonyl (C=O) groups excluding carboxylic acids is 1. The van der Waals surface area contributed by atoms with E-state index in [0.717, 1.165) is 30.2 Å². The van der Waals surface area contributed by atoms with Gasteiger partial charge in [0.15, 0.2) is 0 Å². The molecule has 4 saturated carbocycles. The quantitative estimate of drug-likeness (QED) is 0.806. The summed E-state index contributed by atoms with van der Waals surface area (Å²) in [6.45, 7) is 5.35. The molecule has 0 unspecified atom stereocenters. The molecule has 0 spiro atoms. The molecular weight excluding hydrogens is 234 g/mol. The topological polar surface area (TPSA) is 29.1 Å². The van der Waals surface area contributed by atoms with Crippen LogP contribution in [-0.2, 0) is 4.79 Å². The van der Waals surface area contributed by atoms with Crippen molar-refractivity contribution >= 4 is 5.91 Å². The highest BCUT2D eigenvalue weighted by Gasteiger charge is 2.50. The Bertz CT molecular complexity index is 306. The fraction of sp³-hybridized carbons (Fsp3) is 0.941. The van der Waals surface area contributed by atoms with E-state index in [-0.39, 0.29) is 0 Å². The highest BCUT2D eigenvalue weighted by Crippen LogP contribution is 2.56. The van der Waals surface area contributed by atoms with Crippen LogP contribution in [0.2, 0.25) is 0 Å². The van der Waals surface area contributed by atoms with Gasteiger partial charge in [0, 0.05) is 12.5 Å². The van der Waals surface area contributed by atoms with Crippen molar-refractivity contribution in [1.29, 1.82) is 0 Å². The molecule has 0 atom stereocenters. The minimum absolute atomic E-state index is 0.363. The van der Waals surface area contributed by atoms with Crippen molar-refractivity contribution in [3.8, 4) is 0 Å². The molecule has 1 amide bonds. The summed E-state index contributed by atoms with van der Waals surface area (Å²) in [5, 5.41) is 3.27. The molecule has 4 aliphatic rings. The Morgan fingerprint density at radius 3 is 2.00 bits per heavy atom. The van der Waals surface area contributed by atoms with Gasteiger partial charge in [-0.05, 0) is 61.7 Å². The minimum Gasteiger partial charge on any atom is -0.356 e. The van der Waals surface area contributed by atoms with Gasteiger partial charge >= 0.3 is 0 Å². The highest BCUT2D eigenvalue weighted by atomic mass is 16.1. The van der Waals surface area contributed by atoms with Gasteiger partial charge in [-0.1, -0.05) is 26.7 Å². The molecule has 4 rings (SSSR count). The van der Waals surface area contributed by atoms with Crippen LogP contribution in [0.4, 0.5) is 0 Å². The molecule has 19 heavy (non-hydrogen) atoms. The first-order chi connectivity index (χ1) is 9.21. The van der Waals surface area contributed by atoms with Gasteiger partial charge in [0.05, 0.1) is 0 Å². The van der Waals surface area contributed by atoms with Gasteiger partial charge < -0.3 is 5.32 Å². The molecule has 0 radical (unpaired) electrons. The fourth-order valence-corrected chi connectivity index (χ4v) is 5.29. The molecule has 0 aromatic carbocycles. The van der Waals surface area contributed by atoms with Gasteiger partial charge in [-0.2, -0.15) is 0 Å². The molecule has 2 heteroatoms. The van der Waals surface area contributed by atoms with Crippen molar-refractivity contribution in [2.24, 2.45) is 35.5 Å². The van der Waals surface area contributed by atoms with Crippen LogP contribution in [0.3, 0.4) is 0 Å². The van der Waals surface area contributed by atoms with Crippen molar-refractivity contribution in [3.05, 3.63) is 0 Å². The second-order valence-electron chi connectivity index (χ2n) is 7.38. The number of hydrogen-bond donors (Lipinski definition) is 1. The number of rotatable bonds is 5. The van der Waals surface area contributed by atoms with E-state index in [0.29, 0.717) is 17.7 Å². The molecule has 4 aliphatic carbocycles. The van der Waals surface area contributed by atoms with Crippen molar-refractivity contribution in [2.75, 3.05) is 6.54 Å². The second-order valence-corrected chi connectivity index (χ2v) is 7.38. The maximum atomic E-state index is 12.6. The lowest BCUT2D eigenvalue weighted by Gasteiger charge is -2.53. The van der Waals surface area contributed by atoms with Crippen LogP contribution < -0.4 is 5.32 Å². The zero-order valence-corrected chi connectivity index (χ0v) is 12.5. The molecule has 1 N–H and O–H groups in total. The van der Waals surface area contributed by atoms with Crippen LogP contribution in [0.5, 0.6) is 0 Å². The summed E-state index contributed by atoms with van der Waals surface area (Å²) in [5.41, 5.74) is 0. The Labute approximate surface area is 117 Å². The molecule has 0 heterocycles. The third-order valence-corrected chi connectivity index (χ3v) is 6.25. The van der Waals surface area contributed by atoms with Crippen LogP contribution >= 0.6 is 0 Å². The zero-order chi connectivity index (χ0) is 13.4. The average molecular weight is 263 g/mol. The van der Waals surface area contributed by atoms with Crippen LogP contribution in [-0.4, -0.2) is 12.5 Å². The molecule has 2 nitrogen and oxygen atoms in total. The van der Waals surface area contributed by atoms with Crippen LogP contribution in [0, 0.1) is 35.5 Å². The summed E-state index contributed by atoms with van der Waals surface area (Å²) in [6.07, 6.45) is 9.20. The molecule has 0 aliphatic heterocycles. The van der Waals surface area contributed by atoms with E-state index < -0.39 is 0 Å². The molecule has 0 aromatic heterocycles. The molecule has 4 fully saturated rings. The third kappa shape index (κ3) is 2.55. The number of hydrogen-bond acceptors (Lipinski definition) is 1. The van der Waals surface area contributed by atoms with E-state index in [1.54, 1.807) is 0 Å². The summed E-state index contributed by atoms with van der Waals surface area (Å²) in [7, 11) is 0. The van der Waals surface area contributed by atoms with E-state index in [1.807, 2.05) is 0 Å². The van der Waals surface area contributed by atoms with Gasteiger partial charge in [-0.3, -0.25) is 4.79 Å². The summed E-state index contributed by atoms with van der Waals surface area (Å²) >= 11 is 0. The first-order valence-electron chi connectivity index (χ1n) is 8.48. The molecule has 0 aromatic rings. The predicted octanol–water partition coefficient (Wildman–Crippen LogP) is 3.61. The predicted molar refractivity (Wildman–Crippen MR) is 77.6 cm³/mol. The summed E-state index contributed by atoms with van der Waals surface area (Å²) in [6, 6.07) is 0. The lowest BCUT2D eigenvalue weighted by atomic mass is 9.51. The SMILES string of the molecule is CCC(CC)CNC(=O)C1C2CC3CC(C2)CC1C3. The third-order valence-electron chi connectivity index (χ3n) is 6.25. The zero-order valence-electron chi connectivity index (χ0n) is 12.5. The van der Waals surface area contributed by atoms with E-state index >= 15 is 0 Å². The Hall–Kier alpha value is -0.530. The van der Waals surface area contributed by atoms with E-state index in [2.05, 4.69) is 19.2 Å². The van der Waals surface area contributed by atoms with Crippen LogP contribution in [0.1, 0.15) is 58.8 Å². The molecule has 4 bridgehead atoms. The Kier molecular flexibility index (Phi) is 3.86. The van der Waals surface area contributed by atoms with Crippen LogP contribution in [0.25, 0.3) is 0 Å². The first-order valence-corrected chi connectivity index (χ1v) is 8.48. The fourth-order valence-electron chi connectivity index (χ4n) is 5.29. The maximum Gasteiger partial charge on any atom is 0.223 e. The summed E-state index contributed by atoms with van der Waals surface area (Å²) < 4.78 is 0. The maximum absolute atomic E-state index is 12.6. The first kappa shape index (κ1) is 13.5. The van der Waals surface area contributed by atoms with E-state index in [9.17, 15) is 4.79 Å². The van der Waals surface area contributed by atoms with Crippen molar-refractivity contribution in [1.82, 2.24) is 5.32 Å². The smallest absolute Gasteiger partial charge is 0.223 e. The van der Waals surface area contributed by atoms with Crippen molar-refractivity contribution in [2.45, 2.75) is 58.8 Å². The molecule has 0 saturated heterocycles. The van der Waals surface area contributed by atoms with Gasteiger partial charge in [0.1, 0.15) is 0 Å². The Balaban J connectivity index is 1.58. The van der Waals surface area contributed by atoms with Crippen molar-refractivity contribution in [3.63, 3.8) is 0 Å². The number of carbonyl (C=O) groups is 1. The van der Waals surface area contributed by atoms with Crippen LogP contribution in [0.15, 0.2) is 0 Å². The van der Waals surface area contributed by atoms with Gasteiger partial charge in [-0.25, -0.2) is 0 Å². The Morgan fingerprint density at radius 1 is 1.00 bits per heavy atom. The van der Waals surface area contributed by atoms with Crippen molar-refractivity contribution < 1.29 is 4.79 Å². The largest absolute Gasteiger partial charge is 0.356 e. The number of amides is 1. The van der Waals surface area contributed by atoms with E-state index in [1.165, 1.54) is 44.9 Å². The van der Waals surface area contributed by atoms with Gasteiger partial charge in [0.25, 0.3) is 0 Å². The van der Waals surface area contributed by atoms with Gasteiger partial charge in [-0.15, -0.1) is 0 Å². The standard InChI is InChI=1S/C17H29NO/c1-3-11(4-2)10-18-17(19)16-14-6-12-5-13(8-14)9-15(16)7-12/h11-16H,3-10H2,1-2H3,(H,18,19). The summed E-state index contributed by atoms with van der Waals surface area (Å²) in [4.78, 5) is 12.6. The molecule has 108 valence electrons.